The lowest BCUT2D eigenvalue weighted by Gasteiger charge is -2.09. The summed E-state index contributed by atoms with van der Waals surface area (Å²) in [6.45, 7) is 1.64. The van der Waals surface area contributed by atoms with Crippen LogP contribution in [0, 0.1) is 0 Å². The topological polar surface area (TPSA) is 131 Å². The Balaban J connectivity index is 1.77. The molecule has 2 N–H and O–H groups in total. The van der Waals surface area contributed by atoms with Crippen molar-refractivity contribution in [2.24, 2.45) is 0 Å². The van der Waals surface area contributed by atoms with Crippen LogP contribution in [0.3, 0.4) is 0 Å². The molecule has 0 saturated heterocycles. The third-order valence-electron chi connectivity index (χ3n) is 3.31. The summed E-state index contributed by atoms with van der Waals surface area (Å²) >= 11 is 0. The molecule has 0 bridgehead atoms. The van der Waals surface area contributed by atoms with E-state index in [9.17, 15) is 9.59 Å². The fourth-order valence-corrected chi connectivity index (χ4v) is 2.10. The minimum Gasteiger partial charge on any atom is -0.476 e. The minimum atomic E-state index is -1.34. The molecule has 1 atom stereocenters. The van der Waals surface area contributed by atoms with Gasteiger partial charge in [-0.25, -0.2) is 14.8 Å². The standard InChI is InChI=1S/C16H13N5O4/c1-9(15-20-13(21-25-15)10-5-3-2-4-6-10)19-14(22)11-12(16(23)24)18-8-7-17-11/h2-9H,1H3,(H,19,22)(H,23,24)/t9-/m1/s1. The molecular formula is C16H13N5O4. The number of carbonyl (C=O) groups is 2. The quantitative estimate of drug-likeness (QED) is 0.718. The number of hydrogen-bond donors (Lipinski definition) is 2. The molecule has 0 aliphatic heterocycles. The van der Waals surface area contributed by atoms with Crippen molar-refractivity contribution in [2.45, 2.75) is 13.0 Å². The summed E-state index contributed by atoms with van der Waals surface area (Å²) < 4.78 is 5.17. The second-order valence-corrected chi connectivity index (χ2v) is 5.08. The molecule has 25 heavy (non-hydrogen) atoms. The number of nitrogens with one attached hydrogen (secondary N) is 1. The van der Waals surface area contributed by atoms with Gasteiger partial charge in [0.25, 0.3) is 5.91 Å². The third-order valence-corrected chi connectivity index (χ3v) is 3.31. The molecule has 0 saturated carbocycles. The minimum absolute atomic E-state index is 0.188. The van der Waals surface area contributed by atoms with E-state index in [-0.39, 0.29) is 11.6 Å². The number of carboxylic acids is 1. The average molecular weight is 339 g/mol. The van der Waals surface area contributed by atoms with Crippen molar-refractivity contribution in [1.82, 2.24) is 25.4 Å². The number of carbonyl (C=O) groups excluding carboxylic acids is 1. The maximum atomic E-state index is 12.3. The van der Waals surface area contributed by atoms with E-state index < -0.39 is 23.6 Å². The molecule has 1 amide bonds. The Morgan fingerprint density at radius 1 is 1.12 bits per heavy atom. The van der Waals surface area contributed by atoms with E-state index in [1.807, 2.05) is 30.3 Å². The van der Waals surface area contributed by atoms with Crippen molar-refractivity contribution in [1.29, 1.82) is 0 Å². The predicted molar refractivity (Wildman–Crippen MR) is 84.6 cm³/mol. The highest BCUT2D eigenvalue weighted by Crippen LogP contribution is 2.18. The van der Waals surface area contributed by atoms with E-state index in [0.717, 1.165) is 5.56 Å². The van der Waals surface area contributed by atoms with Gasteiger partial charge in [0.15, 0.2) is 11.4 Å². The lowest BCUT2D eigenvalue weighted by atomic mass is 10.2. The van der Waals surface area contributed by atoms with Gasteiger partial charge in [-0.2, -0.15) is 4.98 Å². The molecule has 0 fully saturated rings. The third kappa shape index (κ3) is 3.50. The number of benzene rings is 1. The van der Waals surface area contributed by atoms with E-state index in [4.69, 9.17) is 9.63 Å². The van der Waals surface area contributed by atoms with Crippen LogP contribution in [-0.4, -0.2) is 37.1 Å². The van der Waals surface area contributed by atoms with Crippen LogP contribution < -0.4 is 5.32 Å². The molecule has 9 heteroatoms. The fraction of sp³-hybridized carbons (Fsp3) is 0.125. The summed E-state index contributed by atoms with van der Waals surface area (Å²) in [4.78, 5) is 35.0. The average Bonchev–Trinajstić information content (AvgIpc) is 3.12. The molecule has 126 valence electrons. The number of aromatic nitrogens is 4. The molecule has 9 nitrogen and oxygen atoms in total. The summed E-state index contributed by atoms with van der Waals surface area (Å²) in [7, 11) is 0. The number of nitrogens with zero attached hydrogens (tertiary/aromatic N) is 4. The van der Waals surface area contributed by atoms with E-state index in [2.05, 4.69) is 25.4 Å². The van der Waals surface area contributed by atoms with Gasteiger partial charge in [0.2, 0.25) is 11.7 Å². The number of aromatic carboxylic acids is 1. The van der Waals surface area contributed by atoms with Crippen molar-refractivity contribution in [3.05, 3.63) is 60.0 Å². The van der Waals surface area contributed by atoms with Gasteiger partial charge in [0.1, 0.15) is 6.04 Å². The Morgan fingerprint density at radius 3 is 2.48 bits per heavy atom. The predicted octanol–water partition coefficient (Wildman–Crippen LogP) is 1.72. The molecular weight excluding hydrogens is 326 g/mol. The Kier molecular flexibility index (Phi) is 4.46. The normalized spacial score (nSPS) is 11.7. The fourth-order valence-electron chi connectivity index (χ4n) is 2.10. The van der Waals surface area contributed by atoms with Crippen molar-refractivity contribution in [2.75, 3.05) is 0 Å². The molecule has 1 aromatic carbocycles. The van der Waals surface area contributed by atoms with Gasteiger partial charge >= 0.3 is 5.97 Å². The van der Waals surface area contributed by atoms with Crippen molar-refractivity contribution < 1.29 is 19.2 Å². The second-order valence-electron chi connectivity index (χ2n) is 5.08. The van der Waals surface area contributed by atoms with Crippen molar-refractivity contribution in [3.63, 3.8) is 0 Å². The molecule has 2 aromatic heterocycles. The smallest absolute Gasteiger partial charge is 0.356 e. The van der Waals surface area contributed by atoms with E-state index in [0.29, 0.717) is 5.82 Å². The molecule has 2 heterocycles. The summed E-state index contributed by atoms with van der Waals surface area (Å²) in [5.41, 5.74) is 0.0606. The Bertz CT molecular complexity index is 910. The monoisotopic (exact) mass is 339 g/mol. The SMILES string of the molecule is C[C@@H](NC(=O)c1nccnc1C(=O)O)c1nc(-c2ccccc2)no1. The molecule has 0 unspecified atom stereocenters. The van der Waals surface area contributed by atoms with E-state index >= 15 is 0 Å². The van der Waals surface area contributed by atoms with Gasteiger partial charge in [-0.1, -0.05) is 35.5 Å². The first kappa shape index (κ1) is 16.2. The number of hydrogen-bond acceptors (Lipinski definition) is 7. The molecule has 3 rings (SSSR count). The molecule has 0 aliphatic carbocycles. The van der Waals surface area contributed by atoms with Crippen LogP contribution in [0.15, 0.2) is 47.2 Å². The largest absolute Gasteiger partial charge is 0.476 e. The van der Waals surface area contributed by atoms with Crippen LogP contribution in [0.4, 0.5) is 0 Å². The van der Waals surface area contributed by atoms with Crippen molar-refractivity contribution in [3.8, 4) is 11.4 Å². The van der Waals surface area contributed by atoms with Gasteiger partial charge in [-0.05, 0) is 6.92 Å². The summed E-state index contributed by atoms with van der Waals surface area (Å²) in [6, 6.07) is 8.58. The van der Waals surface area contributed by atoms with Gasteiger partial charge in [-0.3, -0.25) is 4.79 Å². The zero-order valence-electron chi connectivity index (χ0n) is 13.1. The molecule has 0 spiro atoms. The summed E-state index contributed by atoms with van der Waals surface area (Å²) in [5, 5.41) is 15.5. The number of carboxylic acid groups (broad SMARTS) is 1. The Hall–Kier alpha value is -3.62. The maximum Gasteiger partial charge on any atom is 0.356 e. The van der Waals surface area contributed by atoms with Gasteiger partial charge in [0, 0.05) is 18.0 Å². The van der Waals surface area contributed by atoms with Gasteiger partial charge < -0.3 is 14.9 Å². The van der Waals surface area contributed by atoms with Crippen LogP contribution in [0.1, 0.15) is 39.8 Å². The number of amides is 1. The highest BCUT2D eigenvalue weighted by Gasteiger charge is 2.23. The summed E-state index contributed by atoms with van der Waals surface area (Å²) in [6.07, 6.45) is 2.44. The van der Waals surface area contributed by atoms with E-state index in [1.165, 1.54) is 12.4 Å². The highest BCUT2D eigenvalue weighted by molar-refractivity contribution is 6.02. The Labute approximate surface area is 141 Å². The van der Waals surface area contributed by atoms with Crippen LogP contribution in [-0.2, 0) is 0 Å². The zero-order valence-corrected chi connectivity index (χ0v) is 13.1. The highest BCUT2D eigenvalue weighted by atomic mass is 16.5. The number of rotatable bonds is 5. The zero-order chi connectivity index (χ0) is 17.8. The van der Waals surface area contributed by atoms with E-state index in [1.54, 1.807) is 6.92 Å². The maximum absolute atomic E-state index is 12.3. The lowest BCUT2D eigenvalue weighted by molar-refractivity contribution is 0.0682. The first-order valence-corrected chi connectivity index (χ1v) is 7.30. The first-order valence-electron chi connectivity index (χ1n) is 7.30. The lowest BCUT2D eigenvalue weighted by Crippen LogP contribution is -2.29. The van der Waals surface area contributed by atoms with Crippen molar-refractivity contribution >= 4 is 11.9 Å². The van der Waals surface area contributed by atoms with Crippen LogP contribution >= 0.6 is 0 Å². The summed E-state index contributed by atoms with van der Waals surface area (Å²) in [5.74, 6) is -1.46. The molecule has 3 aromatic rings. The van der Waals surface area contributed by atoms with Gasteiger partial charge in [-0.15, -0.1) is 0 Å². The van der Waals surface area contributed by atoms with Crippen LogP contribution in [0.5, 0.6) is 0 Å². The first-order chi connectivity index (χ1) is 12.1. The second kappa shape index (κ2) is 6.87. The van der Waals surface area contributed by atoms with Gasteiger partial charge in [0.05, 0.1) is 0 Å². The Morgan fingerprint density at radius 2 is 1.80 bits per heavy atom. The van der Waals surface area contributed by atoms with Crippen LogP contribution in [0.25, 0.3) is 11.4 Å². The molecule has 0 aliphatic rings. The van der Waals surface area contributed by atoms with Crippen LogP contribution in [0.2, 0.25) is 0 Å². The molecule has 0 radical (unpaired) electrons.